The van der Waals surface area contributed by atoms with Crippen LogP contribution in [0.5, 0.6) is 0 Å². The van der Waals surface area contributed by atoms with E-state index in [0.717, 1.165) is 5.56 Å². The zero-order valence-corrected chi connectivity index (χ0v) is 13.4. The van der Waals surface area contributed by atoms with E-state index in [0.29, 0.717) is 26.9 Å². The summed E-state index contributed by atoms with van der Waals surface area (Å²) in [5.41, 5.74) is 2.37. The third-order valence-corrected chi connectivity index (χ3v) is 3.78. The highest BCUT2D eigenvalue weighted by molar-refractivity contribution is 6.40. The van der Waals surface area contributed by atoms with Crippen LogP contribution >= 0.6 is 23.2 Å². The number of allylic oxidation sites excluding steroid dienone is 2. The van der Waals surface area contributed by atoms with Crippen molar-refractivity contribution < 1.29 is 9.63 Å². The van der Waals surface area contributed by atoms with Gasteiger partial charge in [-0.25, -0.2) is 4.79 Å². The van der Waals surface area contributed by atoms with Crippen molar-refractivity contribution in [3.8, 4) is 0 Å². The van der Waals surface area contributed by atoms with Crippen LogP contribution in [0, 0.1) is 0 Å². The second kappa shape index (κ2) is 6.82. The normalized spacial score (nSPS) is 16.0. The Kier molecular flexibility index (Phi) is 4.60. The van der Waals surface area contributed by atoms with Crippen molar-refractivity contribution >= 4 is 41.0 Å². The largest absolute Gasteiger partial charge is 0.368 e. The predicted octanol–water partition coefficient (Wildman–Crippen LogP) is 4.89. The summed E-state index contributed by atoms with van der Waals surface area (Å²) in [5.74, 6) is -0.510. The van der Waals surface area contributed by atoms with Crippen LogP contribution in [0.25, 0.3) is 6.08 Å². The fourth-order valence-electron chi connectivity index (χ4n) is 2.12. The lowest BCUT2D eigenvalue weighted by Crippen LogP contribution is -2.07. The molecular formula is C18H11Cl2NO2. The van der Waals surface area contributed by atoms with E-state index in [1.807, 2.05) is 36.4 Å². The zero-order valence-electron chi connectivity index (χ0n) is 11.9. The number of hydrogen-bond donors (Lipinski definition) is 0. The van der Waals surface area contributed by atoms with E-state index in [-0.39, 0.29) is 0 Å². The van der Waals surface area contributed by atoms with Gasteiger partial charge in [0.2, 0.25) is 0 Å². The maximum atomic E-state index is 11.9. The molecule has 0 saturated heterocycles. The van der Waals surface area contributed by atoms with Gasteiger partial charge in [-0.15, -0.1) is 0 Å². The van der Waals surface area contributed by atoms with Crippen molar-refractivity contribution in [2.24, 2.45) is 5.16 Å². The van der Waals surface area contributed by atoms with Crippen molar-refractivity contribution in [2.75, 3.05) is 0 Å². The van der Waals surface area contributed by atoms with Crippen LogP contribution in [0.3, 0.4) is 0 Å². The molecule has 0 radical (unpaired) electrons. The van der Waals surface area contributed by atoms with E-state index in [9.17, 15) is 4.79 Å². The van der Waals surface area contributed by atoms with Crippen LogP contribution in [0.15, 0.2) is 71.4 Å². The number of hydrogen-bond acceptors (Lipinski definition) is 3. The topological polar surface area (TPSA) is 38.7 Å². The number of benzene rings is 2. The second-order valence-corrected chi connectivity index (χ2v) is 5.64. The molecule has 3 nitrogen and oxygen atoms in total. The van der Waals surface area contributed by atoms with Gasteiger partial charge in [0.1, 0.15) is 5.71 Å². The predicted molar refractivity (Wildman–Crippen MR) is 92.6 cm³/mol. The molecule has 0 aromatic heterocycles. The Morgan fingerprint density at radius 2 is 1.83 bits per heavy atom. The minimum Gasteiger partial charge on any atom is -0.312 e. The van der Waals surface area contributed by atoms with Crippen LogP contribution < -0.4 is 0 Å². The van der Waals surface area contributed by atoms with Crippen LogP contribution in [-0.4, -0.2) is 11.7 Å². The van der Waals surface area contributed by atoms with Crippen molar-refractivity contribution in [3.05, 3.63) is 87.4 Å². The first-order valence-corrected chi connectivity index (χ1v) is 7.59. The minimum atomic E-state index is -0.510. The van der Waals surface area contributed by atoms with Crippen LogP contribution in [0.2, 0.25) is 10.0 Å². The molecule has 0 bridgehead atoms. The number of oxime groups is 1. The van der Waals surface area contributed by atoms with Crippen LogP contribution in [-0.2, 0) is 9.63 Å². The summed E-state index contributed by atoms with van der Waals surface area (Å²) in [6, 6.07) is 14.7. The number of carbonyl (C=O) groups is 1. The minimum absolute atomic E-state index is 0.349. The lowest BCUT2D eigenvalue weighted by Gasteiger charge is -2.03. The number of halogens is 2. The standard InChI is InChI=1S/C18H11Cl2NO2/c19-13-9-10-14(16(20)11-13)17-15(18(22)23-21-17)8-4-7-12-5-2-1-3-6-12/h1-11H. The number of nitrogens with zero attached hydrogens (tertiary/aromatic N) is 1. The van der Waals surface area contributed by atoms with E-state index >= 15 is 0 Å². The maximum Gasteiger partial charge on any atom is 0.368 e. The Bertz CT molecular complexity index is 839. The van der Waals surface area contributed by atoms with Crippen molar-refractivity contribution in [1.82, 2.24) is 0 Å². The third kappa shape index (κ3) is 3.52. The monoisotopic (exact) mass is 343 g/mol. The first-order valence-electron chi connectivity index (χ1n) is 6.84. The average Bonchev–Trinajstić information content (AvgIpc) is 2.90. The smallest absolute Gasteiger partial charge is 0.312 e. The van der Waals surface area contributed by atoms with E-state index in [1.54, 1.807) is 30.4 Å². The molecule has 0 saturated carbocycles. The molecule has 0 unspecified atom stereocenters. The van der Waals surface area contributed by atoms with Gasteiger partial charge in [0.25, 0.3) is 0 Å². The maximum absolute atomic E-state index is 11.9. The highest BCUT2D eigenvalue weighted by Crippen LogP contribution is 2.26. The summed E-state index contributed by atoms with van der Waals surface area (Å²) < 4.78 is 0. The first-order chi connectivity index (χ1) is 11.1. The van der Waals surface area contributed by atoms with Crippen molar-refractivity contribution in [2.45, 2.75) is 0 Å². The van der Waals surface area contributed by atoms with Crippen molar-refractivity contribution in [3.63, 3.8) is 0 Å². The molecule has 3 rings (SSSR count). The summed E-state index contributed by atoms with van der Waals surface area (Å²) >= 11 is 12.1. The van der Waals surface area contributed by atoms with Gasteiger partial charge in [-0.3, -0.25) is 0 Å². The Labute approximate surface area is 143 Å². The number of carbonyl (C=O) groups excluding carboxylic acids is 1. The second-order valence-electron chi connectivity index (χ2n) is 4.79. The highest BCUT2D eigenvalue weighted by Gasteiger charge is 2.27. The summed E-state index contributed by atoms with van der Waals surface area (Å²) in [7, 11) is 0. The summed E-state index contributed by atoms with van der Waals surface area (Å²) in [6.45, 7) is 0. The fourth-order valence-corrected chi connectivity index (χ4v) is 2.62. The molecule has 1 aliphatic heterocycles. The highest BCUT2D eigenvalue weighted by atomic mass is 35.5. The first kappa shape index (κ1) is 15.5. The molecule has 1 heterocycles. The van der Waals surface area contributed by atoms with Crippen LogP contribution in [0.1, 0.15) is 11.1 Å². The molecule has 0 spiro atoms. The summed E-state index contributed by atoms with van der Waals surface area (Å²) in [5, 5.41) is 4.74. The Morgan fingerprint density at radius 1 is 1.04 bits per heavy atom. The molecule has 0 fully saturated rings. The SMILES string of the molecule is O=C1ON=C(c2ccc(Cl)cc2Cl)C1=CC=Cc1ccccc1. The lowest BCUT2D eigenvalue weighted by atomic mass is 10.0. The molecule has 0 N–H and O–H groups in total. The number of rotatable bonds is 3. The molecular weight excluding hydrogens is 333 g/mol. The van der Waals surface area contributed by atoms with Gasteiger partial charge < -0.3 is 4.84 Å². The van der Waals surface area contributed by atoms with Gasteiger partial charge in [0.15, 0.2) is 0 Å². The Hall–Kier alpha value is -2.36. The van der Waals surface area contributed by atoms with Gasteiger partial charge in [-0.2, -0.15) is 0 Å². The summed E-state index contributed by atoms with van der Waals surface area (Å²) in [6.07, 6.45) is 5.32. The third-order valence-electron chi connectivity index (χ3n) is 3.23. The Balaban J connectivity index is 1.91. The fraction of sp³-hybridized carbons (Fsp3) is 0. The summed E-state index contributed by atoms with van der Waals surface area (Å²) in [4.78, 5) is 16.6. The van der Waals surface area contributed by atoms with Crippen LogP contribution in [0.4, 0.5) is 0 Å². The molecule has 0 atom stereocenters. The van der Waals surface area contributed by atoms with Gasteiger partial charge in [-0.05, 0) is 29.8 Å². The molecule has 0 amide bonds. The van der Waals surface area contributed by atoms with Gasteiger partial charge in [0.05, 0.1) is 10.6 Å². The molecule has 23 heavy (non-hydrogen) atoms. The van der Waals surface area contributed by atoms with E-state index in [2.05, 4.69) is 5.16 Å². The van der Waals surface area contributed by atoms with E-state index in [4.69, 9.17) is 28.0 Å². The molecule has 114 valence electrons. The molecule has 5 heteroatoms. The average molecular weight is 344 g/mol. The van der Waals surface area contributed by atoms with Gasteiger partial charge in [0, 0.05) is 10.6 Å². The Morgan fingerprint density at radius 3 is 2.57 bits per heavy atom. The van der Waals surface area contributed by atoms with Gasteiger partial charge >= 0.3 is 5.97 Å². The van der Waals surface area contributed by atoms with Crippen molar-refractivity contribution in [1.29, 1.82) is 0 Å². The van der Waals surface area contributed by atoms with E-state index < -0.39 is 5.97 Å². The van der Waals surface area contributed by atoms with Gasteiger partial charge in [-0.1, -0.05) is 70.8 Å². The lowest BCUT2D eigenvalue weighted by molar-refractivity contribution is -0.136. The van der Waals surface area contributed by atoms with E-state index in [1.165, 1.54) is 0 Å². The molecule has 2 aromatic carbocycles. The quantitative estimate of drug-likeness (QED) is 0.587. The molecule has 2 aromatic rings. The molecule has 0 aliphatic carbocycles. The zero-order chi connectivity index (χ0) is 16.2. The molecule has 1 aliphatic rings.